The zero-order valence-corrected chi connectivity index (χ0v) is 13.6. The second-order valence-electron chi connectivity index (χ2n) is 6.52. The molecule has 1 aromatic heterocycles. The molecule has 8 heteroatoms. The molecule has 0 spiro atoms. The predicted octanol–water partition coefficient (Wildman–Crippen LogP) is 2.07. The van der Waals surface area contributed by atoms with Crippen LogP contribution in [0.2, 0.25) is 0 Å². The topological polar surface area (TPSA) is 102 Å². The molecule has 2 bridgehead atoms. The Morgan fingerprint density at radius 1 is 1.32 bits per heavy atom. The number of hydrogen-bond acceptors (Lipinski definition) is 6. The molecular formula is C17H18N4O4. The first-order valence-electron chi connectivity index (χ1n) is 8.34. The summed E-state index contributed by atoms with van der Waals surface area (Å²) in [6.45, 7) is 3.05. The maximum absolute atomic E-state index is 12.4. The van der Waals surface area contributed by atoms with Gasteiger partial charge in [0.15, 0.2) is 5.76 Å². The van der Waals surface area contributed by atoms with Crippen molar-refractivity contribution >= 4 is 11.6 Å². The number of nitrogens with one attached hydrogen (secondary N) is 1. The van der Waals surface area contributed by atoms with E-state index in [1.54, 1.807) is 18.2 Å². The lowest BCUT2D eigenvalue weighted by molar-refractivity contribution is -0.384. The van der Waals surface area contributed by atoms with Crippen LogP contribution in [-0.4, -0.2) is 46.4 Å². The van der Waals surface area contributed by atoms with Gasteiger partial charge in [-0.3, -0.25) is 14.9 Å². The molecule has 3 aliphatic rings. The number of oxazole rings is 1. The fourth-order valence-corrected chi connectivity index (χ4v) is 3.70. The number of rotatable bonds is 4. The van der Waals surface area contributed by atoms with Crippen LogP contribution in [0.4, 0.5) is 5.69 Å². The first-order valence-corrected chi connectivity index (χ1v) is 8.34. The molecule has 0 radical (unpaired) electrons. The van der Waals surface area contributed by atoms with Crippen molar-refractivity contribution in [3.63, 3.8) is 0 Å². The molecule has 1 atom stereocenters. The minimum absolute atomic E-state index is 0.0652. The van der Waals surface area contributed by atoms with Gasteiger partial charge in [0, 0.05) is 18.7 Å². The van der Waals surface area contributed by atoms with E-state index in [1.165, 1.54) is 12.3 Å². The van der Waals surface area contributed by atoms with Gasteiger partial charge >= 0.3 is 5.91 Å². The van der Waals surface area contributed by atoms with Gasteiger partial charge in [-0.05, 0) is 37.9 Å². The lowest BCUT2D eigenvalue weighted by atomic mass is 9.84. The van der Waals surface area contributed by atoms with Crippen molar-refractivity contribution in [2.24, 2.45) is 5.92 Å². The van der Waals surface area contributed by atoms with E-state index in [0.717, 1.165) is 32.5 Å². The van der Waals surface area contributed by atoms with Crippen LogP contribution in [0.1, 0.15) is 23.5 Å². The summed E-state index contributed by atoms with van der Waals surface area (Å²) >= 11 is 0. The predicted molar refractivity (Wildman–Crippen MR) is 89.0 cm³/mol. The Morgan fingerprint density at radius 3 is 2.76 bits per heavy atom. The van der Waals surface area contributed by atoms with E-state index in [1.807, 2.05) is 0 Å². The smallest absolute Gasteiger partial charge is 0.307 e. The van der Waals surface area contributed by atoms with Gasteiger partial charge in [-0.25, -0.2) is 4.98 Å². The minimum atomic E-state index is -0.481. The molecule has 5 rings (SSSR count). The Bertz CT molecular complexity index is 810. The third kappa shape index (κ3) is 3.00. The van der Waals surface area contributed by atoms with E-state index >= 15 is 0 Å². The summed E-state index contributed by atoms with van der Waals surface area (Å²) in [6.07, 6.45) is 3.55. The van der Waals surface area contributed by atoms with Crippen molar-refractivity contribution in [1.29, 1.82) is 0 Å². The molecule has 130 valence electrons. The number of para-hydroxylation sites is 1. The van der Waals surface area contributed by atoms with Crippen LogP contribution in [0, 0.1) is 16.0 Å². The molecule has 4 heterocycles. The molecule has 3 saturated heterocycles. The molecule has 0 unspecified atom stereocenters. The fraction of sp³-hybridized carbons (Fsp3) is 0.412. The summed E-state index contributed by atoms with van der Waals surface area (Å²) in [5.74, 6) is 0.276. The summed E-state index contributed by atoms with van der Waals surface area (Å²) in [6, 6.07) is 6.34. The number of amides is 1. The highest BCUT2D eigenvalue weighted by molar-refractivity contribution is 5.90. The number of benzene rings is 1. The third-order valence-corrected chi connectivity index (χ3v) is 5.04. The number of nitrogens with zero attached hydrogens (tertiary/aromatic N) is 3. The van der Waals surface area contributed by atoms with Gasteiger partial charge in [0.2, 0.25) is 0 Å². The normalized spacial score (nSPS) is 24.9. The van der Waals surface area contributed by atoms with E-state index in [9.17, 15) is 14.9 Å². The van der Waals surface area contributed by atoms with Crippen LogP contribution in [0.3, 0.4) is 0 Å². The number of aromatic nitrogens is 1. The summed E-state index contributed by atoms with van der Waals surface area (Å²) in [5, 5.41) is 14.1. The lowest BCUT2D eigenvalue weighted by Crippen LogP contribution is -2.57. The van der Waals surface area contributed by atoms with E-state index < -0.39 is 4.92 Å². The number of fused-ring (bicyclic) bond motifs is 3. The van der Waals surface area contributed by atoms with Crippen molar-refractivity contribution in [2.45, 2.75) is 18.9 Å². The number of carbonyl (C=O) groups excluding carboxylic acids is 1. The van der Waals surface area contributed by atoms with Gasteiger partial charge < -0.3 is 14.6 Å². The average molecular weight is 342 g/mol. The fourth-order valence-electron chi connectivity index (χ4n) is 3.70. The van der Waals surface area contributed by atoms with Crippen molar-refractivity contribution < 1.29 is 14.1 Å². The molecule has 25 heavy (non-hydrogen) atoms. The molecule has 3 aliphatic heterocycles. The number of piperidine rings is 3. The number of carbonyl (C=O) groups is 1. The van der Waals surface area contributed by atoms with Gasteiger partial charge in [-0.2, -0.15) is 0 Å². The monoisotopic (exact) mass is 342 g/mol. The Hall–Kier alpha value is -2.74. The molecular weight excluding hydrogens is 324 g/mol. The highest BCUT2D eigenvalue weighted by Gasteiger charge is 2.35. The Balaban J connectivity index is 1.51. The highest BCUT2D eigenvalue weighted by atomic mass is 16.6. The molecule has 0 saturated carbocycles. The van der Waals surface area contributed by atoms with Gasteiger partial charge in [-0.1, -0.05) is 12.1 Å². The largest absolute Gasteiger partial charge is 0.432 e. The molecule has 2 aromatic rings. The molecule has 1 N–H and O–H groups in total. The van der Waals surface area contributed by atoms with E-state index in [2.05, 4.69) is 15.2 Å². The molecule has 0 aliphatic carbocycles. The first-order chi connectivity index (χ1) is 12.1. The van der Waals surface area contributed by atoms with Gasteiger partial charge in [0.05, 0.1) is 16.7 Å². The maximum atomic E-state index is 12.4. The van der Waals surface area contributed by atoms with Crippen molar-refractivity contribution in [1.82, 2.24) is 15.2 Å². The average Bonchev–Trinajstić information content (AvgIpc) is 3.13. The number of hydrogen-bond donors (Lipinski definition) is 1. The van der Waals surface area contributed by atoms with Gasteiger partial charge in [0.1, 0.15) is 0 Å². The van der Waals surface area contributed by atoms with Crippen LogP contribution in [-0.2, 0) is 0 Å². The standard InChI is InChI=1S/C17H18N4O4/c22-16(19-13-10-20-7-5-11(13)6-8-20)17-18-9-15(25-17)12-3-1-2-4-14(12)21(23)24/h1-4,9,11,13H,5-8,10H2,(H,19,22)/t13-/m0/s1. The van der Waals surface area contributed by atoms with Gasteiger partial charge in [0.25, 0.3) is 11.6 Å². The molecule has 8 nitrogen and oxygen atoms in total. The highest BCUT2D eigenvalue weighted by Crippen LogP contribution is 2.30. The van der Waals surface area contributed by atoms with Crippen molar-refractivity contribution in [3.05, 3.63) is 46.5 Å². The second kappa shape index (κ2) is 6.29. The van der Waals surface area contributed by atoms with Crippen LogP contribution in [0.5, 0.6) is 0 Å². The van der Waals surface area contributed by atoms with Crippen LogP contribution in [0.25, 0.3) is 11.3 Å². The Morgan fingerprint density at radius 2 is 2.08 bits per heavy atom. The van der Waals surface area contributed by atoms with Crippen LogP contribution in [0.15, 0.2) is 34.9 Å². The second-order valence-corrected chi connectivity index (χ2v) is 6.52. The van der Waals surface area contributed by atoms with Crippen molar-refractivity contribution in [2.75, 3.05) is 19.6 Å². The Labute approximate surface area is 144 Å². The maximum Gasteiger partial charge on any atom is 0.307 e. The SMILES string of the molecule is O=C(N[C@H]1CN2CCC1CC2)c1ncc(-c2ccccc2[N+](=O)[O-])o1. The van der Waals surface area contributed by atoms with E-state index in [0.29, 0.717) is 11.5 Å². The molecule has 1 aromatic carbocycles. The van der Waals surface area contributed by atoms with E-state index in [-0.39, 0.29) is 29.3 Å². The first kappa shape index (κ1) is 15.8. The van der Waals surface area contributed by atoms with Crippen LogP contribution >= 0.6 is 0 Å². The summed E-state index contributed by atoms with van der Waals surface area (Å²) in [7, 11) is 0. The summed E-state index contributed by atoms with van der Waals surface area (Å²) < 4.78 is 5.50. The number of nitro benzene ring substituents is 1. The minimum Gasteiger partial charge on any atom is -0.432 e. The lowest BCUT2D eigenvalue weighted by Gasteiger charge is -2.44. The zero-order valence-electron chi connectivity index (χ0n) is 13.6. The van der Waals surface area contributed by atoms with Crippen LogP contribution < -0.4 is 5.32 Å². The molecule has 3 fully saturated rings. The number of nitro groups is 1. The quantitative estimate of drug-likeness (QED) is 0.674. The van der Waals surface area contributed by atoms with Crippen molar-refractivity contribution in [3.8, 4) is 11.3 Å². The third-order valence-electron chi connectivity index (χ3n) is 5.04. The Kier molecular flexibility index (Phi) is 3.96. The molecule has 1 amide bonds. The summed E-state index contributed by atoms with van der Waals surface area (Å²) in [4.78, 5) is 29.4. The zero-order chi connectivity index (χ0) is 17.4. The summed E-state index contributed by atoms with van der Waals surface area (Å²) in [5.41, 5.74) is 0.227. The van der Waals surface area contributed by atoms with Gasteiger partial charge in [-0.15, -0.1) is 0 Å². The van der Waals surface area contributed by atoms with E-state index in [4.69, 9.17) is 4.42 Å².